The molecule has 3 rings (SSSR count). The molecule has 0 aromatic rings. The van der Waals surface area contributed by atoms with E-state index in [1.165, 1.54) is 58.2 Å². The number of hydrogen-bond acceptors (Lipinski definition) is 3. The van der Waals surface area contributed by atoms with Crippen molar-refractivity contribution in [3.63, 3.8) is 0 Å². The van der Waals surface area contributed by atoms with E-state index in [-0.39, 0.29) is 0 Å². The Morgan fingerprint density at radius 3 is 2.47 bits per heavy atom. The van der Waals surface area contributed by atoms with E-state index in [0.29, 0.717) is 6.10 Å². The zero-order valence-electron chi connectivity index (χ0n) is 11.0. The van der Waals surface area contributed by atoms with E-state index in [0.717, 1.165) is 18.0 Å². The molecule has 1 unspecified atom stereocenters. The first-order valence-electron chi connectivity index (χ1n) is 7.37. The summed E-state index contributed by atoms with van der Waals surface area (Å²) in [5.74, 6) is 0.951. The third-order valence-corrected chi connectivity index (χ3v) is 5.16. The molecule has 2 saturated heterocycles. The minimum absolute atomic E-state index is 0.550. The van der Waals surface area contributed by atoms with Crippen LogP contribution in [0, 0.1) is 5.92 Å². The molecule has 0 radical (unpaired) electrons. The number of methoxy groups -OCH3 is 1. The predicted molar refractivity (Wildman–Crippen MR) is 69.1 cm³/mol. The quantitative estimate of drug-likeness (QED) is 0.809. The van der Waals surface area contributed by atoms with E-state index in [9.17, 15) is 0 Å². The molecule has 1 aliphatic carbocycles. The van der Waals surface area contributed by atoms with E-state index < -0.39 is 0 Å². The standard InChI is InChI=1S/C14H26N2O/c1-17-13-9-12(10-13)16-7-4-11(5-8-16)14-3-2-6-15-14/h11-15H,2-10H2,1H3. The SMILES string of the molecule is COC1CC(N2CCC(C3CCCN3)CC2)C1. The average Bonchev–Trinajstić information content (AvgIpc) is 2.82. The molecular formula is C14H26N2O. The molecule has 2 aliphatic heterocycles. The average molecular weight is 238 g/mol. The summed E-state index contributed by atoms with van der Waals surface area (Å²) in [4.78, 5) is 2.71. The largest absolute Gasteiger partial charge is 0.381 e. The third-order valence-electron chi connectivity index (χ3n) is 5.16. The Bertz CT molecular complexity index is 239. The first-order chi connectivity index (χ1) is 8.36. The van der Waals surface area contributed by atoms with E-state index in [1.54, 1.807) is 0 Å². The molecule has 0 bridgehead atoms. The minimum atomic E-state index is 0.550. The number of likely N-dealkylation sites (tertiary alicyclic amines) is 1. The molecule has 17 heavy (non-hydrogen) atoms. The summed E-state index contributed by atoms with van der Waals surface area (Å²) in [6.45, 7) is 3.90. The van der Waals surface area contributed by atoms with Gasteiger partial charge in [0, 0.05) is 19.2 Å². The number of nitrogens with one attached hydrogen (secondary N) is 1. The molecular weight excluding hydrogens is 212 g/mol. The van der Waals surface area contributed by atoms with E-state index in [2.05, 4.69) is 10.2 Å². The highest BCUT2D eigenvalue weighted by Crippen LogP contribution is 2.32. The van der Waals surface area contributed by atoms with Gasteiger partial charge in [-0.2, -0.15) is 0 Å². The van der Waals surface area contributed by atoms with Gasteiger partial charge in [0.05, 0.1) is 6.10 Å². The van der Waals surface area contributed by atoms with Crippen LogP contribution >= 0.6 is 0 Å². The summed E-state index contributed by atoms with van der Waals surface area (Å²) in [6.07, 6.45) is 8.71. The van der Waals surface area contributed by atoms with Gasteiger partial charge in [-0.05, 0) is 64.1 Å². The Labute approximate surface area is 105 Å². The molecule has 98 valence electrons. The van der Waals surface area contributed by atoms with Gasteiger partial charge in [-0.3, -0.25) is 0 Å². The highest BCUT2D eigenvalue weighted by molar-refractivity contribution is 4.92. The van der Waals surface area contributed by atoms with Crippen LogP contribution in [0.3, 0.4) is 0 Å². The summed E-state index contributed by atoms with van der Waals surface area (Å²) >= 11 is 0. The van der Waals surface area contributed by atoms with Crippen molar-refractivity contribution in [3.05, 3.63) is 0 Å². The molecule has 3 nitrogen and oxygen atoms in total. The van der Waals surface area contributed by atoms with Crippen molar-refractivity contribution in [3.8, 4) is 0 Å². The van der Waals surface area contributed by atoms with Gasteiger partial charge in [-0.15, -0.1) is 0 Å². The van der Waals surface area contributed by atoms with Crippen LogP contribution in [-0.2, 0) is 4.74 Å². The second-order valence-electron chi connectivity index (χ2n) is 6.06. The van der Waals surface area contributed by atoms with Crippen LogP contribution in [0.1, 0.15) is 38.5 Å². The predicted octanol–water partition coefficient (Wildman–Crippen LogP) is 1.63. The molecule has 1 N–H and O–H groups in total. The summed E-state index contributed by atoms with van der Waals surface area (Å²) in [6, 6.07) is 1.67. The van der Waals surface area contributed by atoms with Crippen molar-refractivity contribution < 1.29 is 4.74 Å². The van der Waals surface area contributed by atoms with Crippen LogP contribution < -0.4 is 5.32 Å². The Hall–Kier alpha value is -0.120. The maximum Gasteiger partial charge on any atom is 0.0601 e. The minimum Gasteiger partial charge on any atom is -0.381 e. The lowest BCUT2D eigenvalue weighted by atomic mass is 9.83. The van der Waals surface area contributed by atoms with E-state index in [4.69, 9.17) is 4.74 Å². The highest BCUT2D eigenvalue weighted by Gasteiger charge is 2.36. The lowest BCUT2D eigenvalue weighted by Crippen LogP contribution is -2.51. The van der Waals surface area contributed by atoms with Crippen LogP contribution in [0.15, 0.2) is 0 Å². The van der Waals surface area contributed by atoms with Gasteiger partial charge in [0.15, 0.2) is 0 Å². The van der Waals surface area contributed by atoms with Crippen LogP contribution in [0.5, 0.6) is 0 Å². The monoisotopic (exact) mass is 238 g/mol. The Kier molecular flexibility index (Phi) is 3.69. The Morgan fingerprint density at radius 2 is 1.88 bits per heavy atom. The van der Waals surface area contributed by atoms with Crippen LogP contribution in [0.2, 0.25) is 0 Å². The van der Waals surface area contributed by atoms with Gasteiger partial charge < -0.3 is 15.0 Å². The lowest BCUT2D eigenvalue weighted by Gasteiger charge is -2.45. The summed E-state index contributed by atoms with van der Waals surface area (Å²) in [5.41, 5.74) is 0. The molecule has 3 heteroatoms. The lowest BCUT2D eigenvalue weighted by molar-refractivity contribution is -0.0375. The second kappa shape index (κ2) is 5.25. The molecule has 3 fully saturated rings. The zero-order chi connectivity index (χ0) is 11.7. The number of hydrogen-bond donors (Lipinski definition) is 1. The van der Waals surface area contributed by atoms with Crippen molar-refractivity contribution in [2.45, 2.75) is 56.7 Å². The number of piperidine rings is 1. The molecule has 0 aromatic carbocycles. The Morgan fingerprint density at radius 1 is 1.12 bits per heavy atom. The molecule has 1 saturated carbocycles. The number of nitrogens with zero attached hydrogens (tertiary/aromatic N) is 1. The van der Waals surface area contributed by atoms with Gasteiger partial charge in [-0.25, -0.2) is 0 Å². The van der Waals surface area contributed by atoms with Crippen LogP contribution in [-0.4, -0.2) is 49.8 Å². The first-order valence-corrected chi connectivity index (χ1v) is 7.37. The van der Waals surface area contributed by atoms with E-state index >= 15 is 0 Å². The topological polar surface area (TPSA) is 24.5 Å². The molecule has 0 spiro atoms. The summed E-state index contributed by atoms with van der Waals surface area (Å²) in [5, 5.41) is 3.68. The fourth-order valence-electron chi connectivity index (χ4n) is 3.83. The van der Waals surface area contributed by atoms with E-state index in [1.807, 2.05) is 7.11 Å². The van der Waals surface area contributed by atoms with Crippen molar-refractivity contribution in [2.75, 3.05) is 26.7 Å². The maximum absolute atomic E-state index is 5.37. The van der Waals surface area contributed by atoms with Crippen molar-refractivity contribution in [1.82, 2.24) is 10.2 Å². The fraction of sp³-hybridized carbons (Fsp3) is 1.00. The summed E-state index contributed by atoms with van der Waals surface area (Å²) < 4.78 is 5.37. The highest BCUT2D eigenvalue weighted by atomic mass is 16.5. The molecule has 2 heterocycles. The smallest absolute Gasteiger partial charge is 0.0601 e. The normalized spacial score (nSPS) is 40.4. The van der Waals surface area contributed by atoms with Gasteiger partial charge in [0.1, 0.15) is 0 Å². The molecule has 3 aliphatic rings. The molecule has 0 aromatic heterocycles. The third kappa shape index (κ3) is 2.51. The van der Waals surface area contributed by atoms with Gasteiger partial charge >= 0.3 is 0 Å². The maximum atomic E-state index is 5.37. The number of ether oxygens (including phenoxy) is 1. The van der Waals surface area contributed by atoms with Gasteiger partial charge in [0.25, 0.3) is 0 Å². The van der Waals surface area contributed by atoms with Crippen molar-refractivity contribution in [2.24, 2.45) is 5.92 Å². The summed E-state index contributed by atoms with van der Waals surface area (Å²) in [7, 11) is 1.85. The Balaban J connectivity index is 1.41. The van der Waals surface area contributed by atoms with Crippen molar-refractivity contribution >= 4 is 0 Å². The van der Waals surface area contributed by atoms with Gasteiger partial charge in [0.2, 0.25) is 0 Å². The van der Waals surface area contributed by atoms with Crippen molar-refractivity contribution in [1.29, 1.82) is 0 Å². The van der Waals surface area contributed by atoms with Crippen LogP contribution in [0.4, 0.5) is 0 Å². The molecule has 1 atom stereocenters. The first kappa shape index (κ1) is 11.9. The van der Waals surface area contributed by atoms with Crippen LogP contribution in [0.25, 0.3) is 0 Å². The fourth-order valence-corrected chi connectivity index (χ4v) is 3.83. The van der Waals surface area contributed by atoms with Gasteiger partial charge in [-0.1, -0.05) is 0 Å². The second-order valence-corrected chi connectivity index (χ2v) is 6.06. The molecule has 0 amide bonds. The zero-order valence-corrected chi connectivity index (χ0v) is 11.0. The number of rotatable bonds is 3.